The molecular weight excluding hydrogens is 271 g/mol. The summed E-state index contributed by atoms with van der Waals surface area (Å²) in [5.74, 6) is 0. The molecule has 2 aromatic carbocycles. The minimum Gasteiger partial charge on any atom is -0.744 e. The van der Waals surface area contributed by atoms with Gasteiger partial charge in [-0.15, -0.1) is 0 Å². The van der Waals surface area contributed by atoms with Crippen LogP contribution in [0.15, 0.2) is 35.2 Å². The molecule has 0 aliphatic rings. The van der Waals surface area contributed by atoms with Crippen LogP contribution >= 0.6 is 0 Å². The van der Waals surface area contributed by atoms with E-state index in [2.05, 4.69) is 0 Å². The van der Waals surface area contributed by atoms with E-state index in [1.54, 1.807) is 12.1 Å². The second-order valence-electron chi connectivity index (χ2n) is 4.23. The number of rotatable bonds is 3. The fraction of sp³-hybridized carbons (Fsp3) is 0.286. The molecule has 3 nitrogen and oxygen atoms in total. The summed E-state index contributed by atoms with van der Waals surface area (Å²) >= 11 is 0. The van der Waals surface area contributed by atoms with E-state index in [1.807, 2.05) is 32.0 Å². The smallest absolute Gasteiger partial charge is 0.744 e. The van der Waals surface area contributed by atoms with Gasteiger partial charge < -0.3 is 4.55 Å². The zero-order valence-electron chi connectivity index (χ0n) is 11.4. The molecule has 0 fully saturated rings. The number of hydrogen-bond donors (Lipinski definition) is 0. The van der Waals surface area contributed by atoms with Crippen molar-refractivity contribution in [1.29, 1.82) is 0 Å². The number of hydrogen-bond acceptors (Lipinski definition) is 3. The van der Waals surface area contributed by atoms with E-state index in [9.17, 15) is 13.0 Å². The SMILES string of the molecule is CCc1cc(CC)c2ccccc2c1S(=O)(=O)[O-].[Na+]. The van der Waals surface area contributed by atoms with Gasteiger partial charge in [-0.1, -0.05) is 44.2 Å². The molecule has 19 heavy (non-hydrogen) atoms. The van der Waals surface area contributed by atoms with Crippen molar-refractivity contribution in [2.45, 2.75) is 31.6 Å². The second kappa shape index (κ2) is 6.37. The first-order valence-electron chi connectivity index (χ1n) is 5.98. The van der Waals surface area contributed by atoms with Crippen LogP contribution in [0.4, 0.5) is 0 Å². The van der Waals surface area contributed by atoms with E-state index >= 15 is 0 Å². The molecule has 0 saturated heterocycles. The summed E-state index contributed by atoms with van der Waals surface area (Å²) in [6.07, 6.45) is 1.35. The van der Waals surface area contributed by atoms with Crippen LogP contribution < -0.4 is 29.6 Å². The van der Waals surface area contributed by atoms with Gasteiger partial charge in [-0.3, -0.25) is 0 Å². The van der Waals surface area contributed by atoms with Crippen LogP contribution in [0.5, 0.6) is 0 Å². The van der Waals surface area contributed by atoms with E-state index < -0.39 is 10.1 Å². The first-order valence-corrected chi connectivity index (χ1v) is 7.39. The standard InChI is InChI=1S/C14H16O3S.Na/c1-3-10-9-11(4-2)14(18(15,16)17)13-8-6-5-7-12(10)13;/h5-9H,3-4H2,1-2H3,(H,15,16,17);/q;+1/p-1. The molecule has 96 valence electrons. The van der Waals surface area contributed by atoms with Crippen LogP contribution in [0.2, 0.25) is 0 Å². The van der Waals surface area contributed by atoms with Gasteiger partial charge in [-0.05, 0) is 34.7 Å². The Bertz CT molecular complexity index is 693. The predicted octanol–water partition coefficient (Wildman–Crippen LogP) is -0.127. The molecule has 0 radical (unpaired) electrons. The molecule has 0 atom stereocenters. The first-order chi connectivity index (χ1) is 8.49. The predicted molar refractivity (Wildman–Crippen MR) is 70.7 cm³/mol. The molecule has 2 rings (SSSR count). The van der Waals surface area contributed by atoms with Crippen molar-refractivity contribution in [1.82, 2.24) is 0 Å². The molecule has 0 saturated carbocycles. The summed E-state index contributed by atoms with van der Waals surface area (Å²) in [6, 6.07) is 9.03. The maximum atomic E-state index is 11.5. The third-order valence-electron chi connectivity index (χ3n) is 3.17. The van der Waals surface area contributed by atoms with Crippen molar-refractivity contribution in [2.24, 2.45) is 0 Å². The maximum absolute atomic E-state index is 11.5. The Morgan fingerprint density at radius 2 is 1.53 bits per heavy atom. The molecule has 0 N–H and O–H groups in total. The average molecular weight is 286 g/mol. The molecule has 0 aromatic heterocycles. The van der Waals surface area contributed by atoms with E-state index in [1.165, 1.54) is 0 Å². The third kappa shape index (κ3) is 3.20. The van der Waals surface area contributed by atoms with Crippen LogP contribution in [0.3, 0.4) is 0 Å². The van der Waals surface area contributed by atoms with Crippen molar-refractivity contribution in [3.63, 3.8) is 0 Å². The Morgan fingerprint density at radius 3 is 2.00 bits per heavy atom. The number of aryl methyl sites for hydroxylation is 2. The topological polar surface area (TPSA) is 57.2 Å². The van der Waals surface area contributed by atoms with Gasteiger partial charge in [0.1, 0.15) is 10.1 Å². The molecular formula is C14H15NaO3S. The number of fused-ring (bicyclic) bond motifs is 1. The van der Waals surface area contributed by atoms with Crippen LogP contribution in [0, 0.1) is 0 Å². The first kappa shape index (κ1) is 16.7. The molecule has 0 amide bonds. The van der Waals surface area contributed by atoms with E-state index in [0.29, 0.717) is 17.4 Å². The minimum atomic E-state index is -4.45. The quantitative estimate of drug-likeness (QED) is 0.583. The average Bonchev–Trinajstić information content (AvgIpc) is 2.35. The molecule has 0 unspecified atom stereocenters. The summed E-state index contributed by atoms with van der Waals surface area (Å²) in [6.45, 7) is 3.88. The minimum absolute atomic E-state index is 0. The van der Waals surface area contributed by atoms with Crippen molar-refractivity contribution in [3.05, 3.63) is 41.5 Å². The van der Waals surface area contributed by atoms with Crippen LogP contribution in [0.1, 0.15) is 25.0 Å². The van der Waals surface area contributed by atoms with Gasteiger partial charge in [-0.2, -0.15) is 0 Å². The zero-order valence-corrected chi connectivity index (χ0v) is 14.3. The fourth-order valence-corrected chi connectivity index (χ4v) is 3.31. The van der Waals surface area contributed by atoms with E-state index in [4.69, 9.17) is 0 Å². The van der Waals surface area contributed by atoms with Gasteiger partial charge in [0.2, 0.25) is 0 Å². The van der Waals surface area contributed by atoms with Crippen molar-refractivity contribution in [3.8, 4) is 0 Å². The van der Waals surface area contributed by atoms with Gasteiger partial charge in [0.15, 0.2) is 0 Å². The molecule has 2 aromatic rings. The van der Waals surface area contributed by atoms with E-state index in [-0.39, 0.29) is 34.5 Å². The molecule has 5 heteroatoms. The Kier molecular flexibility index (Phi) is 5.59. The second-order valence-corrected chi connectivity index (χ2v) is 5.55. The van der Waals surface area contributed by atoms with Crippen molar-refractivity contribution < 1.29 is 42.5 Å². The molecule has 0 aliphatic heterocycles. The Hall–Kier alpha value is -0.390. The third-order valence-corrected chi connectivity index (χ3v) is 4.15. The van der Waals surface area contributed by atoms with Crippen molar-refractivity contribution in [2.75, 3.05) is 0 Å². The summed E-state index contributed by atoms with van der Waals surface area (Å²) in [5.41, 5.74) is 1.69. The van der Waals surface area contributed by atoms with Gasteiger partial charge >= 0.3 is 29.6 Å². The van der Waals surface area contributed by atoms with Gasteiger partial charge in [-0.25, -0.2) is 8.42 Å². The molecule has 0 bridgehead atoms. The fourth-order valence-electron chi connectivity index (χ4n) is 2.34. The normalized spacial score (nSPS) is 11.3. The summed E-state index contributed by atoms with van der Waals surface area (Å²) in [7, 11) is -4.45. The Labute approximate surface area is 136 Å². The number of benzene rings is 2. The molecule has 0 aliphatic carbocycles. The summed E-state index contributed by atoms with van der Waals surface area (Å²) in [4.78, 5) is -0.0576. The maximum Gasteiger partial charge on any atom is 1.00 e. The Balaban J connectivity index is 0.00000180. The molecule has 0 heterocycles. The monoisotopic (exact) mass is 286 g/mol. The summed E-state index contributed by atoms with van der Waals surface area (Å²) < 4.78 is 34.4. The molecule has 0 spiro atoms. The van der Waals surface area contributed by atoms with Gasteiger partial charge in [0.25, 0.3) is 0 Å². The van der Waals surface area contributed by atoms with Crippen LogP contribution in [-0.4, -0.2) is 13.0 Å². The van der Waals surface area contributed by atoms with Gasteiger partial charge in [0, 0.05) is 0 Å². The van der Waals surface area contributed by atoms with E-state index in [0.717, 1.165) is 17.4 Å². The van der Waals surface area contributed by atoms with Crippen molar-refractivity contribution >= 4 is 20.9 Å². The largest absolute Gasteiger partial charge is 1.00 e. The van der Waals surface area contributed by atoms with Crippen LogP contribution in [0.25, 0.3) is 10.8 Å². The van der Waals surface area contributed by atoms with Gasteiger partial charge in [0.05, 0.1) is 4.90 Å². The zero-order chi connectivity index (χ0) is 13.3. The van der Waals surface area contributed by atoms with Crippen LogP contribution in [-0.2, 0) is 23.0 Å². The summed E-state index contributed by atoms with van der Waals surface area (Å²) in [5, 5.41) is 1.40. The Morgan fingerprint density at radius 1 is 1.00 bits per heavy atom.